The zero-order valence-corrected chi connectivity index (χ0v) is 17.3. The molecule has 0 aromatic heterocycles. The van der Waals surface area contributed by atoms with Gasteiger partial charge in [-0.2, -0.15) is 0 Å². The first-order valence-electron chi connectivity index (χ1n) is 9.51. The highest BCUT2D eigenvalue weighted by Gasteiger charge is 2.24. The topological polar surface area (TPSA) is 94.4 Å². The van der Waals surface area contributed by atoms with Gasteiger partial charge >= 0.3 is 0 Å². The highest BCUT2D eigenvalue weighted by atomic mass is 16.6. The molecular formula is C21H25N3O6. The van der Waals surface area contributed by atoms with Crippen LogP contribution in [0.5, 0.6) is 17.2 Å². The van der Waals surface area contributed by atoms with Crippen LogP contribution in [0.4, 0.5) is 5.69 Å². The molecule has 2 aromatic carbocycles. The number of nitro benzene ring substituents is 1. The minimum Gasteiger partial charge on any atom is -0.496 e. The molecule has 3 rings (SSSR count). The van der Waals surface area contributed by atoms with E-state index in [-0.39, 0.29) is 11.6 Å². The van der Waals surface area contributed by atoms with Crippen LogP contribution in [0.3, 0.4) is 0 Å². The summed E-state index contributed by atoms with van der Waals surface area (Å²) in [6, 6.07) is 9.43. The summed E-state index contributed by atoms with van der Waals surface area (Å²) in [5.74, 6) is 1.85. The Morgan fingerprint density at radius 3 is 2.03 bits per heavy atom. The molecule has 0 aliphatic carbocycles. The number of nitrogens with zero attached hydrogens (tertiary/aromatic N) is 3. The monoisotopic (exact) mass is 415 g/mol. The number of carbonyl (C=O) groups excluding carboxylic acids is 1. The van der Waals surface area contributed by atoms with Gasteiger partial charge in [0, 0.05) is 62.0 Å². The summed E-state index contributed by atoms with van der Waals surface area (Å²) >= 11 is 0. The largest absolute Gasteiger partial charge is 0.496 e. The van der Waals surface area contributed by atoms with Gasteiger partial charge in [0.15, 0.2) is 11.5 Å². The molecule has 0 bridgehead atoms. The van der Waals surface area contributed by atoms with Crippen LogP contribution in [0, 0.1) is 10.1 Å². The minimum absolute atomic E-state index is 0.0276. The van der Waals surface area contributed by atoms with Crippen molar-refractivity contribution in [3.63, 3.8) is 0 Å². The zero-order chi connectivity index (χ0) is 21.7. The summed E-state index contributed by atoms with van der Waals surface area (Å²) in [7, 11) is 4.79. The molecule has 1 saturated heterocycles. The summed E-state index contributed by atoms with van der Waals surface area (Å²) in [6.45, 7) is 3.21. The van der Waals surface area contributed by atoms with Gasteiger partial charge < -0.3 is 19.1 Å². The molecule has 30 heavy (non-hydrogen) atoms. The van der Waals surface area contributed by atoms with E-state index in [0.717, 1.165) is 11.3 Å². The van der Waals surface area contributed by atoms with Crippen LogP contribution >= 0.6 is 0 Å². The number of hydrogen-bond donors (Lipinski definition) is 0. The van der Waals surface area contributed by atoms with Gasteiger partial charge in [-0.05, 0) is 18.2 Å². The summed E-state index contributed by atoms with van der Waals surface area (Å²) in [5, 5.41) is 10.8. The maximum Gasteiger partial charge on any atom is 0.269 e. The fourth-order valence-electron chi connectivity index (χ4n) is 3.47. The molecule has 0 atom stereocenters. The number of carbonyl (C=O) groups is 1. The first kappa shape index (κ1) is 21.4. The highest BCUT2D eigenvalue weighted by Crippen LogP contribution is 2.35. The molecular weight excluding hydrogens is 390 g/mol. The zero-order valence-electron chi connectivity index (χ0n) is 17.3. The van der Waals surface area contributed by atoms with Crippen molar-refractivity contribution in [2.45, 2.75) is 6.54 Å². The second kappa shape index (κ2) is 9.45. The molecule has 1 heterocycles. The second-order valence-electron chi connectivity index (χ2n) is 6.89. The lowest BCUT2D eigenvalue weighted by Crippen LogP contribution is -2.48. The molecule has 0 N–H and O–H groups in total. The Kier molecular flexibility index (Phi) is 6.73. The van der Waals surface area contributed by atoms with E-state index in [1.807, 2.05) is 12.1 Å². The predicted octanol–water partition coefficient (Wildman–Crippen LogP) is 2.58. The molecule has 9 nitrogen and oxygen atoms in total. The van der Waals surface area contributed by atoms with Crippen LogP contribution in [0.1, 0.15) is 15.9 Å². The third-order valence-corrected chi connectivity index (χ3v) is 5.17. The summed E-state index contributed by atoms with van der Waals surface area (Å²) in [4.78, 5) is 27.0. The van der Waals surface area contributed by atoms with E-state index in [0.29, 0.717) is 49.8 Å². The Morgan fingerprint density at radius 2 is 1.50 bits per heavy atom. The van der Waals surface area contributed by atoms with E-state index in [9.17, 15) is 14.9 Å². The third kappa shape index (κ3) is 4.62. The smallest absolute Gasteiger partial charge is 0.269 e. The van der Waals surface area contributed by atoms with Crippen molar-refractivity contribution >= 4 is 11.6 Å². The number of nitro groups is 1. The Balaban J connectivity index is 1.63. The van der Waals surface area contributed by atoms with Gasteiger partial charge in [0.25, 0.3) is 11.6 Å². The van der Waals surface area contributed by atoms with Gasteiger partial charge in [-0.1, -0.05) is 0 Å². The van der Waals surface area contributed by atoms with Gasteiger partial charge in [-0.25, -0.2) is 0 Å². The van der Waals surface area contributed by atoms with Crippen molar-refractivity contribution < 1.29 is 23.9 Å². The highest BCUT2D eigenvalue weighted by molar-refractivity contribution is 5.94. The first-order valence-corrected chi connectivity index (χ1v) is 9.51. The van der Waals surface area contributed by atoms with E-state index in [4.69, 9.17) is 14.2 Å². The standard InChI is InChI=1S/C21H25N3O6/c1-28-18-13-20(30-3)19(29-2)12-16(18)14-22-8-10-23(11-9-22)21(25)15-4-6-17(7-5-15)24(26)27/h4-7,12-13H,8-11,14H2,1-3H3. The van der Waals surface area contributed by atoms with Crippen molar-refractivity contribution in [1.82, 2.24) is 9.80 Å². The van der Waals surface area contributed by atoms with Gasteiger partial charge in [0.05, 0.1) is 26.3 Å². The molecule has 1 aliphatic heterocycles. The van der Waals surface area contributed by atoms with E-state index in [1.54, 1.807) is 26.2 Å². The van der Waals surface area contributed by atoms with Gasteiger partial charge in [0.2, 0.25) is 0 Å². The second-order valence-corrected chi connectivity index (χ2v) is 6.89. The van der Waals surface area contributed by atoms with Gasteiger partial charge in [-0.3, -0.25) is 19.8 Å². The van der Waals surface area contributed by atoms with E-state index in [1.165, 1.54) is 24.3 Å². The Hall–Kier alpha value is -3.33. The molecule has 1 fully saturated rings. The normalized spacial score (nSPS) is 14.3. The molecule has 9 heteroatoms. The number of hydrogen-bond acceptors (Lipinski definition) is 7. The summed E-state index contributed by atoms with van der Waals surface area (Å²) < 4.78 is 16.2. The predicted molar refractivity (Wildman–Crippen MR) is 110 cm³/mol. The first-order chi connectivity index (χ1) is 14.5. The lowest BCUT2D eigenvalue weighted by Gasteiger charge is -2.35. The fourth-order valence-corrected chi connectivity index (χ4v) is 3.47. The molecule has 2 aromatic rings. The van der Waals surface area contributed by atoms with Gasteiger partial charge in [0.1, 0.15) is 5.75 Å². The van der Waals surface area contributed by atoms with Crippen molar-refractivity contribution in [2.24, 2.45) is 0 Å². The number of ether oxygens (including phenoxy) is 3. The van der Waals surface area contributed by atoms with Crippen LogP contribution in [-0.4, -0.2) is 68.1 Å². The Morgan fingerprint density at radius 1 is 0.933 bits per heavy atom. The number of methoxy groups -OCH3 is 3. The molecule has 0 saturated carbocycles. The maximum absolute atomic E-state index is 12.7. The molecule has 1 amide bonds. The molecule has 160 valence electrons. The van der Waals surface area contributed by atoms with Crippen molar-refractivity contribution in [2.75, 3.05) is 47.5 Å². The number of benzene rings is 2. The lowest BCUT2D eigenvalue weighted by atomic mass is 10.1. The minimum atomic E-state index is -0.477. The van der Waals surface area contributed by atoms with Crippen LogP contribution in [0.15, 0.2) is 36.4 Å². The van der Waals surface area contributed by atoms with Crippen LogP contribution < -0.4 is 14.2 Å². The van der Waals surface area contributed by atoms with E-state index >= 15 is 0 Å². The Bertz CT molecular complexity index is 908. The van der Waals surface area contributed by atoms with Crippen molar-refractivity contribution in [3.05, 3.63) is 57.6 Å². The SMILES string of the molecule is COc1cc(OC)c(OC)cc1CN1CCN(C(=O)c2ccc([N+](=O)[O-])cc2)CC1. The van der Waals surface area contributed by atoms with Gasteiger partial charge in [-0.15, -0.1) is 0 Å². The van der Waals surface area contributed by atoms with Crippen molar-refractivity contribution in [1.29, 1.82) is 0 Å². The molecule has 0 unspecified atom stereocenters. The van der Waals surface area contributed by atoms with Crippen molar-refractivity contribution in [3.8, 4) is 17.2 Å². The quantitative estimate of drug-likeness (QED) is 0.507. The number of non-ortho nitro benzene ring substituents is 1. The summed E-state index contributed by atoms with van der Waals surface area (Å²) in [5.41, 5.74) is 1.40. The number of piperazine rings is 1. The molecule has 0 radical (unpaired) electrons. The van der Waals surface area contributed by atoms with Crippen LogP contribution in [0.25, 0.3) is 0 Å². The maximum atomic E-state index is 12.7. The lowest BCUT2D eigenvalue weighted by molar-refractivity contribution is -0.384. The van der Waals surface area contributed by atoms with Crippen LogP contribution in [-0.2, 0) is 6.54 Å². The fraction of sp³-hybridized carbons (Fsp3) is 0.381. The summed E-state index contributed by atoms with van der Waals surface area (Å²) in [6.07, 6.45) is 0. The third-order valence-electron chi connectivity index (χ3n) is 5.17. The van der Waals surface area contributed by atoms with E-state index < -0.39 is 4.92 Å². The number of amides is 1. The number of rotatable bonds is 7. The van der Waals surface area contributed by atoms with E-state index in [2.05, 4.69) is 4.90 Å². The average Bonchev–Trinajstić information content (AvgIpc) is 2.78. The Labute approximate surface area is 174 Å². The molecule has 0 spiro atoms. The average molecular weight is 415 g/mol. The molecule has 1 aliphatic rings. The van der Waals surface area contributed by atoms with Crippen LogP contribution in [0.2, 0.25) is 0 Å².